The fourth-order valence-corrected chi connectivity index (χ4v) is 2.84. The summed E-state index contributed by atoms with van der Waals surface area (Å²) in [5.74, 6) is 2.19. The maximum absolute atomic E-state index is 12.3. The van der Waals surface area contributed by atoms with Gasteiger partial charge in [-0.1, -0.05) is 26.3 Å². The lowest BCUT2D eigenvalue weighted by Crippen LogP contribution is -2.38. The smallest absolute Gasteiger partial charge is 0.223 e. The molecular formula is C19H29NO3. The van der Waals surface area contributed by atoms with Crippen molar-refractivity contribution in [1.82, 2.24) is 5.32 Å². The Bertz CT molecular complexity index is 523. The Morgan fingerprint density at radius 3 is 2.35 bits per heavy atom. The molecule has 23 heavy (non-hydrogen) atoms. The van der Waals surface area contributed by atoms with Crippen LogP contribution in [0.5, 0.6) is 11.5 Å². The summed E-state index contributed by atoms with van der Waals surface area (Å²) in [5.41, 5.74) is 1.07. The van der Waals surface area contributed by atoms with Crippen molar-refractivity contribution in [2.75, 3.05) is 13.2 Å². The van der Waals surface area contributed by atoms with E-state index >= 15 is 0 Å². The molecule has 1 amide bonds. The molecule has 1 aromatic rings. The van der Waals surface area contributed by atoms with E-state index in [0.717, 1.165) is 29.9 Å². The first-order valence-corrected chi connectivity index (χ1v) is 8.76. The second-order valence-electron chi connectivity index (χ2n) is 6.43. The van der Waals surface area contributed by atoms with Gasteiger partial charge >= 0.3 is 0 Å². The number of hydrogen-bond acceptors (Lipinski definition) is 3. The lowest BCUT2D eigenvalue weighted by molar-refractivity contribution is -0.128. The molecule has 1 atom stereocenters. The summed E-state index contributed by atoms with van der Waals surface area (Å²) < 4.78 is 11.3. The number of ether oxygens (including phenoxy) is 2. The van der Waals surface area contributed by atoms with Crippen LogP contribution in [0.2, 0.25) is 0 Å². The lowest BCUT2D eigenvalue weighted by atomic mass is 9.84. The molecule has 0 saturated heterocycles. The van der Waals surface area contributed by atoms with Crippen LogP contribution < -0.4 is 14.8 Å². The van der Waals surface area contributed by atoms with Gasteiger partial charge in [-0.25, -0.2) is 0 Å². The molecule has 2 rings (SSSR count). The van der Waals surface area contributed by atoms with Gasteiger partial charge in [0.25, 0.3) is 0 Å². The van der Waals surface area contributed by atoms with Gasteiger partial charge in [0.1, 0.15) is 0 Å². The first-order chi connectivity index (χ1) is 11.1. The topological polar surface area (TPSA) is 47.6 Å². The third-order valence-electron chi connectivity index (χ3n) is 4.37. The van der Waals surface area contributed by atoms with Crippen LogP contribution in [0.15, 0.2) is 18.2 Å². The highest BCUT2D eigenvalue weighted by molar-refractivity contribution is 5.79. The Hall–Kier alpha value is -1.71. The van der Waals surface area contributed by atoms with E-state index in [1.807, 2.05) is 32.0 Å². The van der Waals surface area contributed by atoms with Gasteiger partial charge in [0.05, 0.1) is 19.3 Å². The molecule has 1 aliphatic rings. The molecule has 1 saturated carbocycles. The maximum Gasteiger partial charge on any atom is 0.223 e. The van der Waals surface area contributed by atoms with Gasteiger partial charge in [0.2, 0.25) is 5.91 Å². The van der Waals surface area contributed by atoms with E-state index in [0.29, 0.717) is 19.1 Å². The third kappa shape index (κ3) is 4.40. The van der Waals surface area contributed by atoms with Crippen molar-refractivity contribution in [2.45, 2.75) is 53.0 Å². The molecule has 0 aromatic heterocycles. The van der Waals surface area contributed by atoms with Crippen molar-refractivity contribution in [3.05, 3.63) is 23.8 Å². The molecule has 1 aromatic carbocycles. The van der Waals surface area contributed by atoms with E-state index in [1.165, 1.54) is 6.42 Å². The number of carbonyl (C=O) groups is 1. The van der Waals surface area contributed by atoms with Crippen molar-refractivity contribution >= 4 is 5.91 Å². The number of benzene rings is 1. The van der Waals surface area contributed by atoms with Crippen LogP contribution in [-0.2, 0) is 4.79 Å². The first kappa shape index (κ1) is 17.6. The third-order valence-corrected chi connectivity index (χ3v) is 4.37. The number of amides is 1. The molecule has 0 bridgehead atoms. The number of hydrogen-bond donors (Lipinski definition) is 1. The van der Waals surface area contributed by atoms with Crippen LogP contribution in [-0.4, -0.2) is 19.1 Å². The van der Waals surface area contributed by atoms with Gasteiger partial charge in [-0.2, -0.15) is 0 Å². The Kier molecular flexibility index (Phi) is 6.31. The number of carbonyl (C=O) groups excluding carboxylic acids is 1. The van der Waals surface area contributed by atoms with Gasteiger partial charge in [0, 0.05) is 5.92 Å². The Morgan fingerprint density at radius 1 is 1.17 bits per heavy atom. The Labute approximate surface area is 139 Å². The van der Waals surface area contributed by atoms with Crippen molar-refractivity contribution in [2.24, 2.45) is 11.8 Å². The maximum atomic E-state index is 12.3. The average Bonchev–Trinajstić information content (AvgIpc) is 2.45. The van der Waals surface area contributed by atoms with Crippen LogP contribution in [0.1, 0.15) is 58.6 Å². The largest absolute Gasteiger partial charge is 0.490 e. The molecule has 4 nitrogen and oxygen atoms in total. The molecule has 0 heterocycles. The predicted octanol–water partition coefficient (Wildman–Crippen LogP) is 4.10. The highest BCUT2D eigenvalue weighted by Crippen LogP contribution is 2.34. The zero-order valence-corrected chi connectivity index (χ0v) is 14.7. The van der Waals surface area contributed by atoms with Gasteiger partial charge in [-0.3, -0.25) is 4.79 Å². The number of rotatable bonds is 8. The molecule has 0 aliphatic heterocycles. The highest BCUT2D eigenvalue weighted by atomic mass is 16.5. The second kappa shape index (κ2) is 8.23. The summed E-state index contributed by atoms with van der Waals surface area (Å²) in [5, 5.41) is 3.22. The summed E-state index contributed by atoms with van der Waals surface area (Å²) in [7, 11) is 0. The standard InChI is InChI=1S/C19H29NO3/c1-5-22-16-11-10-15(12-17(16)23-6-2)18(13(3)4)20-19(21)14-8-7-9-14/h10-14,18H,5-9H2,1-4H3,(H,20,21). The van der Waals surface area contributed by atoms with Gasteiger partial charge in [-0.15, -0.1) is 0 Å². The quantitative estimate of drug-likeness (QED) is 0.785. The zero-order chi connectivity index (χ0) is 16.8. The van der Waals surface area contributed by atoms with E-state index in [4.69, 9.17) is 9.47 Å². The monoisotopic (exact) mass is 319 g/mol. The first-order valence-electron chi connectivity index (χ1n) is 8.76. The van der Waals surface area contributed by atoms with E-state index in [1.54, 1.807) is 0 Å². The van der Waals surface area contributed by atoms with Crippen molar-refractivity contribution in [1.29, 1.82) is 0 Å². The van der Waals surface area contributed by atoms with Crippen LogP contribution in [0, 0.1) is 11.8 Å². The van der Waals surface area contributed by atoms with Crippen LogP contribution in [0.4, 0.5) is 0 Å². The molecule has 1 aliphatic carbocycles. The minimum atomic E-state index is -0.00187. The zero-order valence-electron chi connectivity index (χ0n) is 14.7. The Morgan fingerprint density at radius 2 is 1.83 bits per heavy atom. The van der Waals surface area contributed by atoms with Gasteiger partial charge in [-0.05, 0) is 50.3 Å². The van der Waals surface area contributed by atoms with E-state index < -0.39 is 0 Å². The fraction of sp³-hybridized carbons (Fsp3) is 0.632. The van der Waals surface area contributed by atoms with Crippen molar-refractivity contribution in [3.63, 3.8) is 0 Å². The van der Waals surface area contributed by atoms with Crippen LogP contribution >= 0.6 is 0 Å². The minimum Gasteiger partial charge on any atom is -0.490 e. The molecule has 0 radical (unpaired) electrons. The summed E-state index contributed by atoms with van der Waals surface area (Å²) in [6.07, 6.45) is 3.20. The fourth-order valence-electron chi connectivity index (χ4n) is 2.84. The average molecular weight is 319 g/mol. The molecule has 4 heteroatoms. The van der Waals surface area contributed by atoms with Gasteiger partial charge < -0.3 is 14.8 Å². The molecule has 1 unspecified atom stereocenters. The SMILES string of the molecule is CCOc1ccc(C(NC(=O)C2CCC2)C(C)C)cc1OCC. The molecule has 128 valence electrons. The van der Waals surface area contributed by atoms with Crippen molar-refractivity contribution < 1.29 is 14.3 Å². The summed E-state index contributed by atoms with van der Waals surface area (Å²) in [4.78, 5) is 12.3. The molecule has 0 spiro atoms. The van der Waals surface area contributed by atoms with E-state index in [-0.39, 0.29) is 17.9 Å². The highest BCUT2D eigenvalue weighted by Gasteiger charge is 2.28. The van der Waals surface area contributed by atoms with E-state index in [9.17, 15) is 4.79 Å². The molecular weight excluding hydrogens is 290 g/mol. The Balaban J connectivity index is 2.20. The van der Waals surface area contributed by atoms with Crippen LogP contribution in [0.25, 0.3) is 0 Å². The summed E-state index contributed by atoms with van der Waals surface area (Å²) in [6, 6.07) is 5.96. The molecule has 1 N–H and O–H groups in total. The lowest BCUT2D eigenvalue weighted by Gasteiger charge is -2.29. The number of nitrogens with one attached hydrogen (secondary N) is 1. The summed E-state index contributed by atoms with van der Waals surface area (Å²) in [6.45, 7) is 9.36. The van der Waals surface area contributed by atoms with Crippen molar-refractivity contribution in [3.8, 4) is 11.5 Å². The van der Waals surface area contributed by atoms with Gasteiger partial charge in [0.15, 0.2) is 11.5 Å². The predicted molar refractivity (Wildman–Crippen MR) is 91.8 cm³/mol. The second-order valence-corrected chi connectivity index (χ2v) is 6.43. The van der Waals surface area contributed by atoms with E-state index in [2.05, 4.69) is 19.2 Å². The van der Waals surface area contributed by atoms with Crippen LogP contribution in [0.3, 0.4) is 0 Å². The molecule has 1 fully saturated rings. The minimum absolute atomic E-state index is 0.00187. The summed E-state index contributed by atoms with van der Waals surface area (Å²) >= 11 is 0. The normalized spacial score (nSPS) is 15.9.